The van der Waals surface area contributed by atoms with E-state index in [1.165, 1.54) is 55.6 Å². The Morgan fingerprint density at radius 1 is 0.348 bits per heavy atom. The average molecular weight is 597 g/mol. The SMILES string of the molecule is c1ccc(COCC23c4ccccc4C(c4ccccc42)C2c4ccccc4C3(COCc3ccccc3)c3ccccc32)cc1. The van der Waals surface area contributed by atoms with Crippen molar-refractivity contribution in [1.82, 2.24) is 0 Å². The molecule has 6 aliphatic carbocycles. The highest BCUT2D eigenvalue weighted by molar-refractivity contribution is 5.73. The summed E-state index contributed by atoms with van der Waals surface area (Å²) in [6.45, 7) is 2.13. The molecule has 224 valence electrons. The van der Waals surface area contributed by atoms with Gasteiger partial charge in [0.1, 0.15) is 0 Å². The summed E-state index contributed by atoms with van der Waals surface area (Å²) in [5.41, 5.74) is 12.3. The molecule has 0 saturated heterocycles. The first-order chi connectivity index (χ1) is 22.8. The van der Waals surface area contributed by atoms with Crippen molar-refractivity contribution in [2.75, 3.05) is 13.2 Å². The second kappa shape index (κ2) is 10.9. The van der Waals surface area contributed by atoms with Crippen LogP contribution in [0.4, 0.5) is 0 Å². The third-order valence-electron chi connectivity index (χ3n) is 10.9. The summed E-state index contributed by atoms with van der Waals surface area (Å²) in [6, 6.07) is 58.0. The topological polar surface area (TPSA) is 18.5 Å². The summed E-state index contributed by atoms with van der Waals surface area (Å²) in [4.78, 5) is 0. The molecule has 6 aliphatic rings. The highest BCUT2D eigenvalue weighted by Gasteiger charge is 2.65. The van der Waals surface area contributed by atoms with E-state index in [0.29, 0.717) is 26.4 Å². The summed E-state index contributed by atoms with van der Waals surface area (Å²) >= 11 is 0. The number of rotatable bonds is 8. The Hall–Kier alpha value is -4.76. The van der Waals surface area contributed by atoms with Crippen molar-refractivity contribution in [2.45, 2.75) is 35.9 Å². The van der Waals surface area contributed by atoms with Crippen LogP contribution in [-0.4, -0.2) is 13.2 Å². The molecule has 0 N–H and O–H groups in total. The van der Waals surface area contributed by atoms with Crippen molar-refractivity contribution < 1.29 is 9.47 Å². The molecule has 0 heterocycles. The first-order valence-electron chi connectivity index (χ1n) is 16.4. The van der Waals surface area contributed by atoms with Crippen LogP contribution in [0.15, 0.2) is 158 Å². The largest absolute Gasteiger partial charge is 0.375 e. The monoisotopic (exact) mass is 596 g/mol. The van der Waals surface area contributed by atoms with Gasteiger partial charge in [0.2, 0.25) is 0 Å². The van der Waals surface area contributed by atoms with Crippen molar-refractivity contribution in [1.29, 1.82) is 0 Å². The van der Waals surface area contributed by atoms with E-state index in [1.807, 2.05) is 0 Å². The van der Waals surface area contributed by atoms with Crippen molar-refractivity contribution in [2.24, 2.45) is 0 Å². The minimum Gasteiger partial charge on any atom is -0.375 e. The quantitative estimate of drug-likeness (QED) is 0.174. The Morgan fingerprint density at radius 3 is 0.957 bits per heavy atom. The fraction of sp³-hybridized carbons (Fsp3) is 0.182. The molecular formula is C44H36O2. The molecule has 46 heavy (non-hydrogen) atoms. The van der Waals surface area contributed by atoms with Gasteiger partial charge in [0.25, 0.3) is 0 Å². The third-order valence-corrected chi connectivity index (χ3v) is 10.9. The number of benzene rings is 6. The van der Waals surface area contributed by atoms with Crippen LogP contribution in [0, 0.1) is 0 Å². The van der Waals surface area contributed by atoms with Crippen LogP contribution in [0.5, 0.6) is 0 Å². The number of hydrogen-bond donors (Lipinski definition) is 0. The van der Waals surface area contributed by atoms with E-state index in [-0.39, 0.29) is 11.8 Å². The van der Waals surface area contributed by atoms with Crippen molar-refractivity contribution in [3.8, 4) is 0 Å². The predicted octanol–water partition coefficient (Wildman–Crippen LogP) is 9.30. The van der Waals surface area contributed by atoms with Gasteiger partial charge < -0.3 is 9.47 Å². The molecule has 0 radical (unpaired) electrons. The van der Waals surface area contributed by atoms with Crippen molar-refractivity contribution in [3.63, 3.8) is 0 Å². The molecular weight excluding hydrogens is 560 g/mol. The molecule has 12 rings (SSSR count). The second-order valence-electron chi connectivity index (χ2n) is 13.1. The smallest absolute Gasteiger partial charge is 0.0717 e. The van der Waals surface area contributed by atoms with E-state index in [2.05, 4.69) is 158 Å². The zero-order chi connectivity index (χ0) is 30.6. The minimum absolute atomic E-state index is 0.195. The predicted molar refractivity (Wildman–Crippen MR) is 183 cm³/mol. The van der Waals surface area contributed by atoms with Gasteiger partial charge in [0, 0.05) is 11.8 Å². The van der Waals surface area contributed by atoms with Gasteiger partial charge in [-0.15, -0.1) is 0 Å². The van der Waals surface area contributed by atoms with Crippen LogP contribution in [0.3, 0.4) is 0 Å². The van der Waals surface area contributed by atoms with Crippen molar-refractivity contribution >= 4 is 0 Å². The lowest BCUT2D eigenvalue weighted by Gasteiger charge is -2.62. The lowest BCUT2D eigenvalue weighted by atomic mass is 9.41. The molecule has 2 heteroatoms. The summed E-state index contributed by atoms with van der Waals surface area (Å²) in [6.07, 6.45) is 0. The molecule has 0 aliphatic heterocycles. The fourth-order valence-electron chi connectivity index (χ4n) is 9.24. The summed E-state index contributed by atoms with van der Waals surface area (Å²) < 4.78 is 14.0. The Kier molecular flexibility index (Phi) is 6.55. The van der Waals surface area contributed by atoms with E-state index < -0.39 is 10.8 Å². The minimum atomic E-state index is -0.556. The van der Waals surface area contributed by atoms with Gasteiger partial charge in [-0.1, -0.05) is 158 Å². The molecule has 0 atom stereocenters. The molecule has 6 aromatic carbocycles. The van der Waals surface area contributed by atoms with Crippen LogP contribution >= 0.6 is 0 Å². The number of hydrogen-bond acceptors (Lipinski definition) is 2. The Balaban J connectivity index is 1.35. The zero-order valence-corrected chi connectivity index (χ0v) is 25.8. The summed E-state index contributed by atoms with van der Waals surface area (Å²) in [5.74, 6) is 0.390. The van der Waals surface area contributed by atoms with E-state index in [1.54, 1.807) is 0 Å². The van der Waals surface area contributed by atoms with Crippen LogP contribution in [-0.2, 0) is 33.5 Å². The Morgan fingerprint density at radius 2 is 0.630 bits per heavy atom. The molecule has 2 nitrogen and oxygen atoms in total. The molecule has 0 fully saturated rings. The summed E-state index contributed by atoms with van der Waals surface area (Å²) in [7, 11) is 0. The van der Waals surface area contributed by atoms with Gasteiger partial charge in [-0.25, -0.2) is 0 Å². The zero-order valence-electron chi connectivity index (χ0n) is 25.8. The maximum absolute atomic E-state index is 7.00. The van der Waals surface area contributed by atoms with E-state index >= 15 is 0 Å². The van der Waals surface area contributed by atoms with Gasteiger partial charge in [-0.05, 0) is 55.6 Å². The normalized spacial score (nSPS) is 23.0. The van der Waals surface area contributed by atoms with Crippen LogP contribution in [0.2, 0.25) is 0 Å². The molecule has 0 saturated carbocycles. The standard InChI is InChI=1S/C44H36O2/c1-3-15-31(16-4-1)27-45-29-43-37-23-11-7-19-33(37)41(34-20-8-12-24-38(34)43)42-35-21-9-13-25-39(35)44(43,40-26-14-10-22-36(40)42)30-46-28-32-17-5-2-6-18-32/h1-26,41-42H,27-30H2. The molecule has 0 unspecified atom stereocenters. The third kappa shape index (κ3) is 3.84. The molecule has 0 spiro atoms. The molecule has 0 amide bonds. The lowest BCUT2D eigenvalue weighted by molar-refractivity contribution is 0.00752. The van der Waals surface area contributed by atoms with Crippen LogP contribution < -0.4 is 0 Å². The van der Waals surface area contributed by atoms with Gasteiger partial charge >= 0.3 is 0 Å². The molecule has 4 bridgehead atoms. The van der Waals surface area contributed by atoms with E-state index in [9.17, 15) is 0 Å². The summed E-state index contributed by atoms with van der Waals surface area (Å²) in [5, 5.41) is 0. The molecule has 0 aromatic heterocycles. The van der Waals surface area contributed by atoms with E-state index in [0.717, 1.165) is 0 Å². The Labute approximate surface area is 271 Å². The van der Waals surface area contributed by atoms with Crippen LogP contribution in [0.1, 0.15) is 67.5 Å². The van der Waals surface area contributed by atoms with Gasteiger partial charge in [-0.3, -0.25) is 0 Å². The fourth-order valence-corrected chi connectivity index (χ4v) is 9.24. The maximum atomic E-state index is 7.00. The lowest BCUT2D eigenvalue weighted by Crippen LogP contribution is -2.62. The highest BCUT2D eigenvalue weighted by atomic mass is 16.5. The van der Waals surface area contributed by atoms with Gasteiger partial charge in [0.15, 0.2) is 0 Å². The first kappa shape index (κ1) is 27.5. The maximum Gasteiger partial charge on any atom is 0.0717 e. The Bertz CT molecular complexity index is 1790. The van der Waals surface area contributed by atoms with Gasteiger partial charge in [0.05, 0.1) is 37.3 Å². The van der Waals surface area contributed by atoms with Crippen LogP contribution in [0.25, 0.3) is 0 Å². The first-order valence-corrected chi connectivity index (χ1v) is 16.4. The van der Waals surface area contributed by atoms with E-state index in [4.69, 9.17) is 9.47 Å². The average Bonchev–Trinajstić information content (AvgIpc) is 3.12. The second-order valence-corrected chi connectivity index (χ2v) is 13.1. The van der Waals surface area contributed by atoms with Gasteiger partial charge in [-0.2, -0.15) is 0 Å². The molecule has 6 aromatic rings. The number of ether oxygens (including phenoxy) is 2. The highest BCUT2D eigenvalue weighted by Crippen LogP contribution is 2.68. The van der Waals surface area contributed by atoms with Crippen molar-refractivity contribution in [3.05, 3.63) is 213 Å².